The van der Waals surface area contributed by atoms with Crippen molar-refractivity contribution in [1.29, 1.82) is 0 Å². The molecule has 1 nitrogen and oxygen atoms in total. The fourth-order valence-electron chi connectivity index (χ4n) is 3.24. The molecule has 1 unspecified atom stereocenters. The van der Waals surface area contributed by atoms with Gasteiger partial charge in [-0.05, 0) is 30.2 Å². The summed E-state index contributed by atoms with van der Waals surface area (Å²) in [7, 11) is 0. The Morgan fingerprint density at radius 2 is 1.30 bits per heavy atom. The van der Waals surface area contributed by atoms with Crippen LogP contribution in [0.25, 0.3) is 21.8 Å². The van der Waals surface area contributed by atoms with Crippen LogP contribution in [0, 0.1) is 0 Å². The highest BCUT2D eigenvalue weighted by molar-refractivity contribution is 9.09. The summed E-state index contributed by atoms with van der Waals surface area (Å²) in [5, 5.41) is 2.66. The van der Waals surface area contributed by atoms with Crippen LogP contribution in [0.1, 0.15) is 22.9 Å². The van der Waals surface area contributed by atoms with Gasteiger partial charge in [-0.3, -0.25) is 0 Å². The number of hydrogen-bond donors (Lipinski definition) is 0. The second-order valence-corrected chi connectivity index (χ2v) is 7.35. The third-order valence-electron chi connectivity index (χ3n) is 4.46. The Morgan fingerprint density at radius 1 is 0.783 bits per heavy atom. The van der Waals surface area contributed by atoms with E-state index in [0.29, 0.717) is 4.83 Å². The lowest BCUT2D eigenvalue weighted by atomic mass is 10.1. The Bertz CT molecular complexity index is 911. The molecule has 0 saturated heterocycles. The molecule has 23 heavy (non-hydrogen) atoms. The van der Waals surface area contributed by atoms with Crippen LogP contribution in [0.2, 0.25) is 0 Å². The maximum absolute atomic E-state index is 3.63. The minimum absolute atomic E-state index is 0.393. The summed E-state index contributed by atoms with van der Waals surface area (Å²) in [5.41, 5.74) is 5.24. The zero-order valence-electron chi connectivity index (χ0n) is 13.0. The Morgan fingerprint density at radius 3 is 1.83 bits per heavy atom. The molecule has 1 atom stereocenters. The summed E-state index contributed by atoms with van der Waals surface area (Å²) in [6.07, 6.45) is 0. The van der Waals surface area contributed by atoms with Gasteiger partial charge in [-0.15, -0.1) is 0 Å². The molecule has 1 heterocycles. The van der Waals surface area contributed by atoms with Gasteiger partial charge in [0.2, 0.25) is 0 Å². The molecule has 0 aliphatic rings. The van der Waals surface area contributed by atoms with Gasteiger partial charge >= 0.3 is 0 Å². The molecule has 2 heteroatoms. The Labute approximate surface area is 144 Å². The lowest BCUT2D eigenvalue weighted by Gasteiger charge is -2.09. The Balaban J connectivity index is 1.84. The molecule has 0 radical (unpaired) electrons. The van der Waals surface area contributed by atoms with Crippen LogP contribution in [0.4, 0.5) is 0 Å². The van der Waals surface area contributed by atoms with E-state index in [9.17, 15) is 0 Å². The van der Waals surface area contributed by atoms with E-state index in [2.05, 4.69) is 100 Å². The normalized spacial score (nSPS) is 12.8. The van der Waals surface area contributed by atoms with Crippen molar-refractivity contribution >= 4 is 37.7 Å². The van der Waals surface area contributed by atoms with Crippen molar-refractivity contribution in [2.75, 3.05) is 0 Å². The quantitative estimate of drug-likeness (QED) is 0.376. The third kappa shape index (κ3) is 2.57. The maximum Gasteiger partial charge on any atom is 0.0494 e. The first-order valence-corrected chi connectivity index (χ1v) is 8.84. The topological polar surface area (TPSA) is 4.93 Å². The molecule has 0 saturated carbocycles. The molecule has 0 spiro atoms. The second-order valence-electron chi connectivity index (χ2n) is 5.98. The van der Waals surface area contributed by atoms with Crippen LogP contribution in [0.5, 0.6) is 0 Å². The van der Waals surface area contributed by atoms with Crippen LogP contribution in [0.3, 0.4) is 0 Å². The number of rotatable bonds is 3. The number of para-hydroxylation sites is 2. The van der Waals surface area contributed by atoms with Crippen LogP contribution in [-0.4, -0.2) is 4.57 Å². The average molecular weight is 364 g/mol. The molecule has 114 valence electrons. The van der Waals surface area contributed by atoms with Gasteiger partial charge in [0.05, 0.1) is 0 Å². The summed E-state index contributed by atoms with van der Waals surface area (Å²) < 4.78 is 2.41. The van der Waals surface area contributed by atoms with E-state index in [0.717, 1.165) is 6.54 Å². The molecular formula is C21H18BrN. The Hall–Kier alpha value is -2.06. The fraction of sp³-hybridized carbons (Fsp3) is 0.143. The summed E-state index contributed by atoms with van der Waals surface area (Å²) >= 11 is 3.63. The summed E-state index contributed by atoms with van der Waals surface area (Å²) in [6.45, 7) is 3.05. The number of alkyl halides is 1. The van der Waals surface area contributed by atoms with E-state index in [4.69, 9.17) is 0 Å². The first-order valence-electron chi connectivity index (χ1n) is 7.93. The zero-order valence-corrected chi connectivity index (χ0v) is 14.6. The number of halogens is 1. The SMILES string of the molecule is CC(Br)c1ccc(Cn2c3ccccc3c3ccccc32)cc1. The van der Waals surface area contributed by atoms with Gasteiger partial charge in [-0.25, -0.2) is 0 Å². The minimum atomic E-state index is 0.393. The lowest BCUT2D eigenvalue weighted by Crippen LogP contribution is -1.99. The summed E-state index contributed by atoms with van der Waals surface area (Å²) in [4.78, 5) is 0.393. The number of fused-ring (bicyclic) bond motifs is 3. The summed E-state index contributed by atoms with van der Waals surface area (Å²) in [6, 6.07) is 26.2. The van der Waals surface area contributed by atoms with Crippen LogP contribution in [-0.2, 0) is 6.54 Å². The van der Waals surface area contributed by atoms with E-state index in [-0.39, 0.29) is 0 Å². The van der Waals surface area contributed by atoms with E-state index >= 15 is 0 Å². The van der Waals surface area contributed by atoms with Gasteiger partial charge < -0.3 is 4.57 Å². The highest BCUT2D eigenvalue weighted by atomic mass is 79.9. The number of aromatic nitrogens is 1. The highest BCUT2D eigenvalue weighted by Gasteiger charge is 2.10. The van der Waals surface area contributed by atoms with Gasteiger partial charge in [0.25, 0.3) is 0 Å². The Kier molecular flexibility index (Phi) is 3.70. The van der Waals surface area contributed by atoms with Crippen molar-refractivity contribution in [3.8, 4) is 0 Å². The molecule has 4 rings (SSSR count). The first kappa shape index (κ1) is 14.5. The van der Waals surface area contributed by atoms with E-state index in [1.807, 2.05) is 0 Å². The molecule has 0 N–H and O–H groups in total. The van der Waals surface area contributed by atoms with Crippen LogP contribution in [0.15, 0.2) is 72.8 Å². The second kappa shape index (κ2) is 5.86. The molecule has 0 bridgehead atoms. The number of nitrogens with zero attached hydrogens (tertiary/aromatic N) is 1. The molecule has 0 aliphatic carbocycles. The van der Waals surface area contributed by atoms with E-state index in [1.165, 1.54) is 32.9 Å². The van der Waals surface area contributed by atoms with Crippen LogP contribution >= 0.6 is 15.9 Å². The standard InChI is InChI=1S/C21H18BrN/c1-15(22)17-12-10-16(11-13-17)14-23-20-8-4-2-6-18(20)19-7-3-5-9-21(19)23/h2-13,15H,14H2,1H3. The minimum Gasteiger partial charge on any atom is -0.336 e. The van der Waals surface area contributed by atoms with Crippen molar-refractivity contribution in [2.45, 2.75) is 18.3 Å². The first-order chi connectivity index (χ1) is 11.2. The zero-order chi connectivity index (χ0) is 15.8. The smallest absolute Gasteiger partial charge is 0.0494 e. The monoisotopic (exact) mass is 363 g/mol. The van der Waals surface area contributed by atoms with Gasteiger partial charge in [0, 0.05) is 33.2 Å². The van der Waals surface area contributed by atoms with Gasteiger partial charge in [-0.1, -0.05) is 76.6 Å². The summed E-state index contributed by atoms with van der Waals surface area (Å²) in [5.74, 6) is 0. The average Bonchev–Trinajstić information content (AvgIpc) is 2.90. The third-order valence-corrected chi connectivity index (χ3v) is 4.99. The molecular weight excluding hydrogens is 346 g/mol. The molecule has 3 aromatic carbocycles. The van der Waals surface area contributed by atoms with Crippen molar-refractivity contribution in [3.63, 3.8) is 0 Å². The predicted octanol–water partition coefficient (Wildman–Crippen LogP) is 6.30. The van der Waals surface area contributed by atoms with Crippen LogP contribution < -0.4 is 0 Å². The molecule has 4 aromatic rings. The molecule has 0 aliphatic heterocycles. The van der Waals surface area contributed by atoms with Crippen molar-refractivity contribution in [1.82, 2.24) is 4.57 Å². The fourth-order valence-corrected chi connectivity index (χ4v) is 3.55. The van der Waals surface area contributed by atoms with Gasteiger partial charge in [0.15, 0.2) is 0 Å². The van der Waals surface area contributed by atoms with Crippen molar-refractivity contribution in [3.05, 3.63) is 83.9 Å². The lowest BCUT2D eigenvalue weighted by molar-refractivity contribution is 0.867. The largest absolute Gasteiger partial charge is 0.336 e. The van der Waals surface area contributed by atoms with E-state index < -0.39 is 0 Å². The molecule has 0 fully saturated rings. The highest BCUT2D eigenvalue weighted by Crippen LogP contribution is 2.29. The van der Waals surface area contributed by atoms with Crippen molar-refractivity contribution in [2.24, 2.45) is 0 Å². The number of hydrogen-bond acceptors (Lipinski definition) is 0. The van der Waals surface area contributed by atoms with Gasteiger partial charge in [-0.2, -0.15) is 0 Å². The maximum atomic E-state index is 3.63. The van der Waals surface area contributed by atoms with Crippen molar-refractivity contribution < 1.29 is 0 Å². The predicted molar refractivity (Wildman–Crippen MR) is 102 cm³/mol. The van der Waals surface area contributed by atoms with E-state index in [1.54, 1.807) is 0 Å². The molecule has 1 aromatic heterocycles. The van der Waals surface area contributed by atoms with Gasteiger partial charge in [0.1, 0.15) is 0 Å². The number of benzene rings is 3. The molecule has 0 amide bonds.